The van der Waals surface area contributed by atoms with Crippen molar-refractivity contribution >= 4 is 5.69 Å². The molecule has 2 rings (SSSR count). The van der Waals surface area contributed by atoms with E-state index in [1.807, 2.05) is 6.07 Å². The predicted octanol–water partition coefficient (Wildman–Crippen LogP) is 2.74. The topological polar surface area (TPSA) is 26.0 Å². The Morgan fingerprint density at radius 1 is 1.38 bits per heavy atom. The summed E-state index contributed by atoms with van der Waals surface area (Å²) in [5.74, 6) is 0.726. The molecule has 1 aromatic carbocycles. The Kier molecular flexibility index (Phi) is 1.66. The number of nitrogen functional groups attached to an aromatic ring is 1. The number of hydrogen-bond acceptors (Lipinski definition) is 1. The Morgan fingerprint density at radius 3 is 2.77 bits per heavy atom. The van der Waals surface area contributed by atoms with Gasteiger partial charge >= 0.3 is 0 Å². The van der Waals surface area contributed by atoms with Gasteiger partial charge in [0, 0.05) is 5.69 Å². The lowest BCUT2D eigenvalue weighted by Gasteiger charge is -2.25. The highest BCUT2D eigenvalue weighted by Gasteiger charge is 2.36. The molecule has 0 aromatic heterocycles. The van der Waals surface area contributed by atoms with Gasteiger partial charge in [0.15, 0.2) is 0 Å². The molecule has 0 spiro atoms. The Labute approximate surface area is 80.0 Å². The highest BCUT2D eigenvalue weighted by atomic mass is 14.6. The van der Waals surface area contributed by atoms with Crippen LogP contribution in [0.4, 0.5) is 5.69 Å². The molecule has 0 saturated heterocycles. The van der Waals surface area contributed by atoms with Gasteiger partial charge in [-0.2, -0.15) is 0 Å². The monoisotopic (exact) mass is 175 g/mol. The number of rotatable bonds is 0. The minimum Gasteiger partial charge on any atom is -0.399 e. The average molecular weight is 175 g/mol. The van der Waals surface area contributed by atoms with Crippen LogP contribution in [0.25, 0.3) is 0 Å². The highest BCUT2D eigenvalue weighted by Crippen LogP contribution is 2.43. The standard InChI is InChI=1S/C12H17N/c1-8-6-9-4-5-10(13)7-11(9)12(8,2)3/h4-5,7-8H,6,13H2,1-3H3. The Bertz CT molecular complexity index is 339. The number of anilines is 1. The first-order chi connectivity index (χ1) is 6.01. The number of nitrogens with two attached hydrogens (primary N) is 1. The molecule has 1 aliphatic carbocycles. The van der Waals surface area contributed by atoms with Crippen molar-refractivity contribution in [1.29, 1.82) is 0 Å². The van der Waals surface area contributed by atoms with E-state index in [-0.39, 0.29) is 0 Å². The summed E-state index contributed by atoms with van der Waals surface area (Å²) in [6.07, 6.45) is 1.20. The summed E-state index contributed by atoms with van der Waals surface area (Å²) in [6, 6.07) is 6.32. The molecule has 1 nitrogen and oxygen atoms in total. The lowest BCUT2D eigenvalue weighted by Crippen LogP contribution is -2.21. The second-order valence-corrected chi connectivity index (χ2v) is 4.74. The maximum atomic E-state index is 5.80. The molecule has 0 aliphatic heterocycles. The molecule has 1 atom stereocenters. The van der Waals surface area contributed by atoms with Crippen LogP contribution >= 0.6 is 0 Å². The van der Waals surface area contributed by atoms with Gasteiger partial charge in [-0.25, -0.2) is 0 Å². The maximum Gasteiger partial charge on any atom is 0.0317 e. The molecule has 0 heterocycles. The van der Waals surface area contributed by atoms with Gasteiger partial charge in [-0.3, -0.25) is 0 Å². The van der Waals surface area contributed by atoms with Crippen LogP contribution in [0.2, 0.25) is 0 Å². The van der Waals surface area contributed by atoms with E-state index >= 15 is 0 Å². The van der Waals surface area contributed by atoms with Crippen molar-refractivity contribution in [3.05, 3.63) is 29.3 Å². The lowest BCUT2D eigenvalue weighted by atomic mass is 9.79. The molecule has 0 amide bonds. The van der Waals surface area contributed by atoms with Crippen molar-refractivity contribution in [3.63, 3.8) is 0 Å². The largest absolute Gasteiger partial charge is 0.399 e. The lowest BCUT2D eigenvalue weighted by molar-refractivity contribution is 0.379. The fourth-order valence-corrected chi connectivity index (χ4v) is 2.22. The van der Waals surface area contributed by atoms with E-state index < -0.39 is 0 Å². The van der Waals surface area contributed by atoms with Crippen LogP contribution in [0.15, 0.2) is 18.2 Å². The third kappa shape index (κ3) is 1.14. The third-order valence-corrected chi connectivity index (χ3v) is 3.59. The van der Waals surface area contributed by atoms with Gasteiger partial charge in [-0.05, 0) is 41.0 Å². The van der Waals surface area contributed by atoms with Crippen molar-refractivity contribution in [3.8, 4) is 0 Å². The van der Waals surface area contributed by atoms with Crippen LogP contribution in [0.1, 0.15) is 31.9 Å². The van der Waals surface area contributed by atoms with E-state index in [0.717, 1.165) is 11.6 Å². The van der Waals surface area contributed by atoms with Gasteiger partial charge in [-0.1, -0.05) is 26.8 Å². The molecule has 0 fully saturated rings. The molecular formula is C12H17N. The first kappa shape index (κ1) is 8.61. The van der Waals surface area contributed by atoms with Crippen molar-refractivity contribution in [1.82, 2.24) is 0 Å². The van der Waals surface area contributed by atoms with Gasteiger partial charge in [0.25, 0.3) is 0 Å². The zero-order valence-corrected chi connectivity index (χ0v) is 8.59. The van der Waals surface area contributed by atoms with Crippen LogP contribution in [-0.2, 0) is 11.8 Å². The fourth-order valence-electron chi connectivity index (χ4n) is 2.22. The van der Waals surface area contributed by atoms with E-state index in [1.165, 1.54) is 17.5 Å². The summed E-state index contributed by atoms with van der Waals surface area (Å²) < 4.78 is 0. The van der Waals surface area contributed by atoms with E-state index in [9.17, 15) is 0 Å². The van der Waals surface area contributed by atoms with E-state index in [2.05, 4.69) is 32.9 Å². The minimum atomic E-state index is 0.296. The Morgan fingerprint density at radius 2 is 2.08 bits per heavy atom. The number of benzene rings is 1. The minimum absolute atomic E-state index is 0.296. The molecule has 1 unspecified atom stereocenters. The molecule has 70 valence electrons. The second kappa shape index (κ2) is 2.50. The molecule has 0 saturated carbocycles. The quantitative estimate of drug-likeness (QED) is 0.603. The molecule has 0 bridgehead atoms. The molecule has 1 aliphatic rings. The third-order valence-electron chi connectivity index (χ3n) is 3.59. The summed E-state index contributed by atoms with van der Waals surface area (Å²) in [6.45, 7) is 6.93. The number of fused-ring (bicyclic) bond motifs is 1. The van der Waals surface area contributed by atoms with Gasteiger partial charge in [0.05, 0.1) is 0 Å². The van der Waals surface area contributed by atoms with Gasteiger partial charge in [-0.15, -0.1) is 0 Å². The summed E-state index contributed by atoms with van der Waals surface area (Å²) in [5.41, 5.74) is 9.91. The van der Waals surface area contributed by atoms with E-state index in [0.29, 0.717) is 5.41 Å². The molecule has 0 radical (unpaired) electrons. The van der Waals surface area contributed by atoms with Crippen molar-refractivity contribution in [2.75, 3.05) is 5.73 Å². The molecule has 1 heteroatoms. The predicted molar refractivity (Wildman–Crippen MR) is 56.7 cm³/mol. The fraction of sp³-hybridized carbons (Fsp3) is 0.500. The molecule has 2 N–H and O–H groups in total. The normalized spacial score (nSPS) is 24.4. The summed E-state index contributed by atoms with van der Waals surface area (Å²) in [4.78, 5) is 0. The van der Waals surface area contributed by atoms with Crippen molar-refractivity contribution in [2.45, 2.75) is 32.6 Å². The van der Waals surface area contributed by atoms with Crippen LogP contribution in [0.3, 0.4) is 0 Å². The number of hydrogen-bond donors (Lipinski definition) is 1. The second-order valence-electron chi connectivity index (χ2n) is 4.74. The van der Waals surface area contributed by atoms with Crippen LogP contribution in [-0.4, -0.2) is 0 Å². The van der Waals surface area contributed by atoms with Crippen LogP contribution in [0.5, 0.6) is 0 Å². The van der Waals surface area contributed by atoms with Crippen LogP contribution in [0, 0.1) is 5.92 Å². The van der Waals surface area contributed by atoms with Crippen molar-refractivity contribution < 1.29 is 0 Å². The smallest absolute Gasteiger partial charge is 0.0317 e. The molecule has 13 heavy (non-hydrogen) atoms. The summed E-state index contributed by atoms with van der Waals surface area (Å²) in [5, 5.41) is 0. The van der Waals surface area contributed by atoms with Gasteiger partial charge in [0.2, 0.25) is 0 Å². The Balaban J connectivity index is 2.57. The summed E-state index contributed by atoms with van der Waals surface area (Å²) >= 11 is 0. The average Bonchev–Trinajstić information content (AvgIpc) is 2.27. The zero-order chi connectivity index (χ0) is 9.64. The van der Waals surface area contributed by atoms with Gasteiger partial charge in [0.1, 0.15) is 0 Å². The maximum absolute atomic E-state index is 5.80. The first-order valence-electron chi connectivity index (χ1n) is 4.90. The van der Waals surface area contributed by atoms with E-state index in [1.54, 1.807) is 0 Å². The first-order valence-corrected chi connectivity index (χ1v) is 4.90. The molecule has 1 aromatic rings. The van der Waals surface area contributed by atoms with Crippen molar-refractivity contribution in [2.24, 2.45) is 5.92 Å². The van der Waals surface area contributed by atoms with Crippen LogP contribution < -0.4 is 5.73 Å². The zero-order valence-electron chi connectivity index (χ0n) is 8.59. The molecular weight excluding hydrogens is 158 g/mol. The SMILES string of the molecule is CC1Cc2ccc(N)cc2C1(C)C. The van der Waals surface area contributed by atoms with E-state index in [4.69, 9.17) is 5.73 Å². The highest BCUT2D eigenvalue weighted by molar-refractivity contribution is 5.50. The Hall–Kier alpha value is -0.980. The van der Waals surface area contributed by atoms with Gasteiger partial charge < -0.3 is 5.73 Å². The summed E-state index contributed by atoms with van der Waals surface area (Å²) in [7, 11) is 0.